The van der Waals surface area contributed by atoms with Crippen LogP contribution in [0.5, 0.6) is 0 Å². The fraction of sp³-hybridized carbons (Fsp3) is 0.805. The van der Waals surface area contributed by atoms with Crippen molar-refractivity contribution in [1.82, 2.24) is 0 Å². The zero-order valence-electron chi connectivity index (χ0n) is 29.8. The number of ether oxygens (including phenoxy) is 2. The van der Waals surface area contributed by atoms with E-state index in [1.807, 2.05) is 0 Å². The fourth-order valence-corrected chi connectivity index (χ4v) is 6.17. The minimum Gasteiger partial charge on any atom is -0.394 e. The van der Waals surface area contributed by atoms with E-state index in [-0.39, 0.29) is 13.2 Å². The Labute approximate surface area is 279 Å². The van der Waals surface area contributed by atoms with Gasteiger partial charge in [0.1, 0.15) is 12.2 Å². The Hall–Kier alpha value is -1.20. The lowest BCUT2D eigenvalue weighted by molar-refractivity contribution is -0.190. The molecule has 0 aromatic carbocycles. The lowest BCUT2D eigenvalue weighted by Crippen LogP contribution is -2.31. The predicted octanol–water partition coefficient (Wildman–Crippen LogP) is 11.9. The molecule has 2 atom stereocenters. The van der Waals surface area contributed by atoms with Crippen molar-refractivity contribution in [2.75, 3.05) is 13.2 Å². The largest absolute Gasteiger partial charge is 0.394 e. The summed E-state index contributed by atoms with van der Waals surface area (Å²) in [7, 11) is 0. The molecule has 0 bridgehead atoms. The Morgan fingerprint density at radius 2 is 0.733 bits per heavy atom. The van der Waals surface area contributed by atoms with E-state index < -0.39 is 18.0 Å². The Morgan fingerprint density at radius 1 is 0.422 bits per heavy atom. The number of unbranched alkanes of at least 4 members (excludes halogenated alkanes) is 18. The van der Waals surface area contributed by atoms with Crippen molar-refractivity contribution >= 4 is 0 Å². The van der Waals surface area contributed by atoms with Gasteiger partial charge in [-0.15, -0.1) is 0 Å². The molecule has 2 N–H and O–H groups in total. The molecule has 1 aliphatic heterocycles. The zero-order valence-corrected chi connectivity index (χ0v) is 29.8. The van der Waals surface area contributed by atoms with Gasteiger partial charge in [0.2, 0.25) is 0 Å². The number of aliphatic hydroxyl groups is 2. The van der Waals surface area contributed by atoms with Crippen LogP contribution >= 0.6 is 0 Å². The molecule has 0 radical (unpaired) electrons. The molecule has 45 heavy (non-hydrogen) atoms. The summed E-state index contributed by atoms with van der Waals surface area (Å²) in [5.41, 5.74) is 0. The maximum absolute atomic E-state index is 9.79. The molecular weight excluding hydrogens is 556 g/mol. The minimum absolute atomic E-state index is 0.0969. The molecule has 1 aliphatic rings. The van der Waals surface area contributed by atoms with Crippen molar-refractivity contribution in [3.8, 4) is 0 Å². The third-order valence-electron chi connectivity index (χ3n) is 9.02. The molecule has 4 nitrogen and oxygen atoms in total. The predicted molar refractivity (Wildman–Crippen MR) is 195 cm³/mol. The van der Waals surface area contributed by atoms with Crippen molar-refractivity contribution in [2.45, 2.75) is 199 Å². The monoisotopic (exact) mass is 631 g/mol. The summed E-state index contributed by atoms with van der Waals surface area (Å²) in [6.07, 6.45) is 49.1. The second-order valence-corrected chi connectivity index (χ2v) is 13.3. The average Bonchev–Trinajstić information content (AvgIpc) is 3.42. The van der Waals surface area contributed by atoms with Crippen molar-refractivity contribution in [3.63, 3.8) is 0 Å². The Bertz CT molecular complexity index is 678. The van der Waals surface area contributed by atoms with E-state index in [2.05, 4.69) is 62.5 Å². The Balaban J connectivity index is 2.15. The number of rotatable bonds is 32. The normalized spacial score (nSPS) is 20.7. The smallest absolute Gasteiger partial charge is 0.169 e. The summed E-state index contributed by atoms with van der Waals surface area (Å²) in [6.45, 7) is 4.32. The van der Waals surface area contributed by atoms with Crippen molar-refractivity contribution < 1.29 is 19.7 Å². The Kier molecular flexibility index (Phi) is 29.2. The van der Waals surface area contributed by atoms with Gasteiger partial charge in [0.05, 0.1) is 13.2 Å². The maximum Gasteiger partial charge on any atom is 0.169 e. The van der Waals surface area contributed by atoms with Crippen LogP contribution < -0.4 is 0 Å². The molecule has 2 unspecified atom stereocenters. The molecular formula is C41H74O4. The van der Waals surface area contributed by atoms with Crippen molar-refractivity contribution in [3.05, 3.63) is 48.6 Å². The van der Waals surface area contributed by atoms with Gasteiger partial charge in [-0.3, -0.25) is 0 Å². The second-order valence-electron chi connectivity index (χ2n) is 13.3. The maximum atomic E-state index is 9.79. The molecule has 1 fully saturated rings. The van der Waals surface area contributed by atoms with Crippen LogP contribution in [0.2, 0.25) is 0 Å². The van der Waals surface area contributed by atoms with E-state index in [0.29, 0.717) is 0 Å². The minimum atomic E-state index is -0.634. The van der Waals surface area contributed by atoms with Gasteiger partial charge in [0.25, 0.3) is 0 Å². The number of aliphatic hydroxyl groups excluding tert-OH is 2. The number of hydrogen-bond acceptors (Lipinski definition) is 4. The molecule has 0 amide bonds. The lowest BCUT2D eigenvalue weighted by Gasteiger charge is -2.28. The molecule has 0 aromatic heterocycles. The highest BCUT2D eigenvalue weighted by atomic mass is 16.8. The van der Waals surface area contributed by atoms with Crippen LogP contribution in [-0.2, 0) is 9.47 Å². The van der Waals surface area contributed by atoms with Gasteiger partial charge in [0, 0.05) is 12.8 Å². The Morgan fingerprint density at radius 3 is 1.07 bits per heavy atom. The first-order valence-corrected chi connectivity index (χ1v) is 19.4. The van der Waals surface area contributed by atoms with E-state index in [1.54, 1.807) is 0 Å². The molecule has 1 heterocycles. The van der Waals surface area contributed by atoms with Gasteiger partial charge >= 0.3 is 0 Å². The van der Waals surface area contributed by atoms with Gasteiger partial charge in [-0.05, 0) is 77.0 Å². The number of allylic oxidation sites excluding steroid dienone is 8. The third-order valence-corrected chi connectivity index (χ3v) is 9.02. The molecule has 0 aliphatic carbocycles. The van der Waals surface area contributed by atoms with E-state index in [0.717, 1.165) is 38.5 Å². The summed E-state index contributed by atoms with van der Waals surface area (Å²) < 4.78 is 12.6. The first kappa shape index (κ1) is 41.8. The topological polar surface area (TPSA) is 58.9 Å². The van der Waals surface area contributed by atoms with E-state index in [4.69, 9.17) is 9.47 Å². The third kappa shape index (κ3) is 23.7. The van der Waals surface area contributed by atoms with Gasteiger partial charge in [0.15, 0.2) is 5.79 Å². The van der Waals surface area contributed by atoms with Gasteiger partial charge in [-0.2, -0.15) is 0 Å². The van der Waals surface area contributed by atoms with Crippen LogP contribution in [0.3, 0.4) is 0 Å². The first-order valence-electron chi connectivity index (χ1n) is 19.4. The molecule has 0 saturated carbocycles. The SMILES string of the molecule is CCCCCC=CCC=CCCCCCCCCC1(CCCCCCCCC=CCC=CCCCCC)OC(CO)C(CO)O1. The molecule has 0 aromatic rings. The van der Waals surface area contributed by atoms with E-state index in [9.17, 15) is 10.2 Å². The highest BCUT2D eigenvalue weighted by Gasteiger charge is 2.46. The van der Waals surface area contributed by atoms with E-state index in [1.165, 1.54) is 128 Å². The van der Waals surface area contributed by atoms with Gasteiger partial charge in [-0.25, -0.2) is 0 Å². The zero-order chi connectivity index (χ0) is 32.5. The van der Waals surface area contributed by atoms with Crippen LogP contribution in [0, 0.1) is 0 Å². The van der Waals surface area contributed by atoms with Crippen LogP contribution in [0.4, 0.5) is 0 Å². The van der Waals surface area contributed by atoms with Crippen molar-refractivity contribution in [1.29, 1.82) is 0 Å². The molecule has 4 heteroatoms. The average molecular weight is 631 g/mol. The van der Waals surface area contributed by atoms with Crippen LogP contribution in [0.1, 0.15) is 181 Å². The summed E-state index contributed by atoms with van der Waals surface area (Å²) in [6, 6.07) is 0. The summed E-state index contributed by atoms with van der Waals surface area (Å²) in [4.78, 5) is 0. The summed E-state index contributed by atoms with van der Waals surface area (Å²) in [5, 5.41) is 19.6. The van der Waals surface area contributed by atoms with Crippen LogP contribution in [-0.4, -0.2) is 41.4 Å². The van der Waals surface area contributed by atoms with Crippen LogP contribution in [0.25, 0.3) is 0 Å². The standard InChI is InChI=1S/C41H74O4/c1-3-5-7-9-11-13-15-17-19-21-23-25-27-29-31-33-35-41(44-39(37-42)40(38-43)45-41)36-34-32-30-28-26-24-22-20-18-16-14-12-10-8-6-4-2/h11-14,17-20,39-40,42-43H,3-10,15-16,21-38H2,1-2H3. The molecule has 1 saturated heterocycles. The fourth-order valence-electron chi connectivity index (χ4n) is 6.17. The number of hydrogen-bond donors (Lipinski definition) is 2. The van der Waals surface area contributed by atoms with Crippen molar-refractivity contribution in [2.24, 2.45) is 0 Å². The molecule has 262 valence electrons. The summed E-state index contributed by atoms with van der Waals surface area (Å²) in [5.74, 6) is -0.634. The molecule has 1 rings (SSSR count). The first-order chi connectivity index (χ1) is 22.2. The highest BCUT2D eigenvalue weighted by Crippen LogP contribution is 2.37. The quantitative estimate of drug-likeness (QED) is 0.0573. The lowest BCUT2D eigenvalue weighted by atomic mass is 9.98. The van der Waals surface area contributed by atoms with Gasteiger partial charge in [-0.1, -0.05) is 140 Å². The molecule has 0 spiro atoms. The van der Waals surface area contributed by atoms with E-state index >= 15 is 0 Å². The second kappa shape index (κ2) is 31.4. The highest BCUT2D eigenvalue weighted by molar-refractivity contribution is 4.93. The van der Waals surface area contributed by atoms with Gasteiger partial charge < -0.3 is 19.7 Å². The van der Waals surface area contributed by atoms with Crippen LogP contribution in [0.15, 0.2) is 48.6 Å². The summed E-state index contributed by atoms with van der Waals surface area (Å²) >= 11 is 0.